The zero-order chi connectivity index (χ0) is 19.5. The van der Waals surface area contributed by atoms with E-state index in [1.807, 2.05) is 48.7 Å². The summed E-state index contributed by atoms with van der Waals surface area (Å²) in [4.78, 5) is 24.1. The van der Waals surface area contributed by atoms with Gasteiger partial charge in [-0.05, 0) is 44.0 Å². The predicted octanol–water partition coefficient (Wildman–Crippen LogP) is 5.10. The highest BCUT2D eigenvalue weighted by atomic mass is 79.9. The lowest BCUT2D eigenvalue weighted by atomic mass is 10.2. The summed E-state index contributed by atoms with van der Waals surface area (Å²) in [6, 6.07) is 13.5. The van der Waals surface area contributed by atoms with Gasteiger partial charge in [-0.2, -0.15) is 0 Å². The van der Waals surface area contributed by atoms with Gasteiger partial charge in [0, 0.05) is 27.7 Å². The number of hydrogen-bond acceptors (Lipinski definition) is 5. The summed E-state index contributed by atoms with van der Waals surface area (Å²) in [5, 5.41) is 2.65. The zero-order valence-corrected chi connectivity index (χ0v) is 17.9. The number of rotatable bonds is 5. The summed E-state index contributed by atoms with van der Waals surface area (Å²) in [7, 11) is 0. The summed E-state index contributed by atoms with van der Waals surface area (Å²) in [6.07, 6.45) is 2.02. The number of halogens is 1. The highest BCUT2D eigenvalue weighted by Gasteiger charge is 2.27. The number of nitrogens with zero attached hydrogens (tertiary/aromatic N) is 3. The number of thiazole rings is 1. The lowest BCUT2D eigenvalue weighted by Crippen LogP contribution is -2.38. The minimum absolute atomic E-state index is 0.0359. The van der Waals surface area contributed by atoms with Crippen LogP contribution in [0.25, 0.3) is 11.3 Å². The fourth-order valence-electron chi connectivity index (χ4n) is 3.18. The molecule has 1 aromatic carbocycles. The van der Waals surface area contributed by atoms with Gasteiger partial charge in [-0.3, -0.25) is 9.69 Å². The number of ether oxygens (including phenoxy) is 1. The molecule has 28 heavy (non-hydrogen) atoms. The Morgan fingerprint density at radius 1 is 1.25 bits per heavy atom. The Labute approximate surface area is 176 Å². The van der Waals surface area contributed by atoms with Crippen molar-refractivity contribution in [2.24, 2.45) is 0 Å². The van der Waals surface area contributed by atoms with Crippen LogP contribution >= 0.6 is 27.3 Å². The van der Waals surface area contributed by atoms with Crippen LogP contribution < -0.4 is 4.90 Å². The predicted molar refractivity (Wildman–Crippen MR) is 115 cm³/mol. The van der Waals surface area contributed by atoms with Crippen LogP contribution in [0.3, 0.4) is 0 Å². The van der Waals surface area contributed by atoms with E-state index < -0.39 is 0 Å². The van der Waals surface area contributed by atoms with Crippen LogP contribution in [-0.4, -0.2) is 35.1 Å². The number of aromatic nitrogens is 2. The SMILES string of the molecule is Cc1cccc(C(=O)N(CC2CCCO2)c2nc(-c3ccc(Br)cc3)cs2)n1. The molecule has 2 aromatic heterocycles. The average molecular weight is 458 g/mol. The van der Waals surface area contributed by atoms with Crippen molar-refractivity contribution in [1.82, 2.24) is 9.97 Å². The van der Waals surface area contributed by atoms with Gasteiger partial charge in [0.15, 0.2) is 5.13 Å². The van der Waals surface area contributed by atoms with E-state index in [0.717, 1.165) is 40.9 Å². The normalized spacial score (nSPS) is 16.3. The second kappa shape index (κ2) is 8.51. The molecule has 3 heterocycles. The van der Waals surface area contributed by atoms with E-state index in [-0.39, 0.29) is 12.0 Å². The molecule has 7 heteroatoms. The maximum absolute atomic E-state index is 13.2. The summed E-state index contributed by atoms with van der Waals surface area (Å²) >= 11 is 4.92. The molecule has 0 N–H and O–H groups in total. The number of hydrogen-bond donors (Lipinski definition) is 0. The second-order valence-corrected chi connectivity index (χ2v) is 8.49. The topological polar surface area (TPSA) is 55.3 Å². The maximum atomic E-state index is 13.2. The van der Waals surface area contributed by atoms with E-state index >= 15 is 0 Å². The quantitative estimate of drug-likeness (QED) is 0.534. The molecule has 1 aliphatic rings. The Morgan fingerprint density at radius 2 is 2.07 bits per heavy atom. The van der Waals surface area contributed by atoms with Crippen molar-refractivity contribution >= 4 is 38.3 Å². The van der Waals surface area contributed by atoms with Crippen LogP contribution in [0.15, 0.2) is 52.3 Å². The number of pyridine rings is 1. The minimum atomic E-state index is -0.143. The van der Waals surface area contributed by atoms with Crippen molar-refractivity contribution in [3.63, 3.8) is 0 Å². The molecule has 1 amide bonds. The number of carbonyl (C=O) groups is 1. The molecule has 1 unspecified atom stereocenters. The van der Waals surface area contributed by atoms with Crippen molar-refractivity contribution in [2.45, 2.75) is 25.9 Å². The smallest absolute Gasteiger partial charge is 0.278 e. The van der Waals surface area contributed by atoms with E-state index in [2.05, 4.69) is 20.9 Å². The fraction of sp³-hybridized carbons (Fsp3) is 0.286. The molecular formula is C21H20BrN3O2S. The van der Waals surface area contributed by atoms with Gasteiger partial charge in [0.1, 0.15) is 5.69 Å². The van der Waals surface area contributed by atoms with E-state index in [4.69, 9.17) is 9.72 Å². The lowest BCUT2D eigenvalue weighted by Gasteiger charge is -2.22. The third-order valence-corrected chi connectivity index (χ3v) is 6.02. The molecule has 4 rings (SSSR count). The molecule has 0 saturated carbocycles. The second-order valence-electron chi connectivity index (χ2n) is 6.74. The summed E-state index contributed by atoms with van der Waals surface area (Å²) < 4.78 is 6.80. The number of carbonyl (C=O) groups excluding carboxylic acids is 1. The van der Waals surface area contributed by atoms with Crippen LogP contribution in [0, 0.1) is 6.92 Å². The standard InChI is InChI=1S/C21H20BrN3O2S/c1-14-4-2-6-18(23-14)20(26)25(12-17-5-3-11-27-17)21-24-19(13-28-21)15-7-9-16(22)10-8-15/h2,4,6-10,13,17H,3,5,11-12H2,1H3. The van der Waals surface area contributed by atoms with Crippen LogP contribution in [-0.2, 0) is 4.74 Å². The molecule has 1 atom stereocenters. The average Bonchev–Trinajstić information content (AvgIpc) is 3.38. The first-order valence-electron chi connectivity index (χ1n) is 9.19. The number of benzene rings is 1. The van der Waals surface area contributed by atoms with E-state index in [1.54, 1.807) is 11.0 Å². The summed E-state index contributed by atoms with van der Waals surface area (Å²) in [5.74, 6) is -0.143. The van der Waals surface area contributed by atoms with Crippen molar-refractivity contribution in [2.75, 3.05) is 18.1 Å². The zero-order valence-electron chi connectivity index (χ0n) is 15.5. The van der Waals surface area contributed by atoms with Gasteiger partial charge in [-0.25, -0.2) is 9.97 Å². The third kappa shape index (κ3) is 4.32. The Morgan fingerprint density at radius 3 is 2.79 bits per heavy atom. The number of anilines is 1. The third-order valence-electron chi connectivity index (χ3n) is 4.63. The van der Waals surface area contributed by atoms with Gasteiger partial charge >= 0.3 is 0 Å². The fourth-order valence-corrected chi connectivity index (χ4v) is 4.29. The minimum Gasteiger partial charge on any atom is -0.376 e. The number of amides is 1. The van der Waals surface area contributed by atoms with Crippen LogP contribution in [0.1, 0.15) is 29.0 Å². The number of aryl methyl sites for hydroxylation is 1. The molecule has 0 spiro atoms. The Balaban J connectivity index is 1.65. The van der Waals surface area contributed by atoms with Crippen LogP contribution in [0.2, 0.25) is 0 Å². The molecule has 5 nitrogen and oxygen atoms in total. The van der Waals surface area contributed by atoms with E-state index in [0.29, 0.717) is 17.4 Å². The summed E-state index contributed by atoms with van der Waals surface area (Å²) in [5.41, 5.74) is 3.12. The Hall–Kier alpha value is -2.09. The van der Waals surface area contributed by atoms with Crippen molar-refractivity contribution in [3.05, 3.63) is 63.7 Å². The van der Waals surface area contributed by atoms with Crippen LogP contribution in [0.4, 0.5) is 5.13 Å². The molecule has 1 fully saturated rings. The van der Waals surface area contributed by atoms with Gasteiger partial charge in [0.05, 0.1) is 18.3 Å². The molecular weight excluding hydrogens is 438 g/mol. The highest BCUT2D eigenvalue weighted by Crippen LogP contribution is 2.30. The largest absolute Gasteiger partial charge is 0.376 e. The van der Waals surface area contributed by atoms with Gasteiger partial charge in [0.2, 0.25) is 0 Å². The summed E-state index contributed by atoms with van der Waals surface area (Å²) in [6.45, 7) is 3.12. The van der Waals surface area contributed by atoms with Gasteiger partial charge in [-0.15, -0.1) is 11.3 Å². The Kier molecular flexibility index (Phi) is 5.85. The molecule has 0 bridgehead atoms. The first kappa shape index (κ1) is 19.2. The van der Waals surface area contributed by atoms with Crippen LogP contribution in [0.5, 0.6) is 0 Å². The molecule has 1 aliphatic heterocycles. The lowest BCUT2D eigenvalue weighted by molar-refractivity contribution is 0.0913. The van der Waals surface area contributed by atoms with Crippen molar-refractivity contribution < 1.29 is 9.53 Å². The van der Waals surface area contributed by atoms with E-state index in [1.165, 1.54) is 11.3 Å². The molecule has 1 saturated heterocycles. The first-order chi connectivity index (χ1) is 13.6. The highest BCUT2D eigenvalue weighted by molar-refractivity contribution is 9.10. The van der Waals surface area contributed by atoms with Crippen molar-refractivity contribution in [1.29, 1.82) is 0 Å². The van der Waals surface area contributed by atoms with Gasteiger partial charge in [0.25, 0.3) is 5.91 Å². The van der Waals surface area contributed by atoms with Gasteiger partial charge < -0.3 is 4.74 Å². The Bertz CT molecular complexity index is 968. The first-order valence-corrected chi connectivity index (χ1v) is 10.9. The molecule has 0 aliphatic carbocycles. The molecule has 0 radical (unpaired) electrons. The maximum Gasteiger partial charge on any atom is 0.278 e. The molecule has 144 valence electrons. The molecule has 3 aromatic rings. The monoisotopic (exact) mass is 457 g/mol. The van der Waals surface area contributed by atoms with E-state index in [9.17, 15) is 4.79 Å². The van der Waals surface area contributed by atoms with Gasteiger partial charge in [-0.1, -0.05) is 34.1 Å². The van der Waals surface area contributed by atoms with Crippen molar-refractivity contribution in [3.8, 4) is 11.3 Å².